The minimum absolute atomic E-state index is 0.0791. The van der Waals surface area contributed by atoms with Gasteiger partial charge in [0.15, 0.2) is 5.79 Å². The molecule has 0 N–H and O–H groups in total. The Kier molecular flexibility index (Phi) is 5.41. The lowest BCUT2D eigenvalue weighted by Gasteiger charge is -2.59. The van der Waals surface area contributed by atoms with Crippen LogP contribution in [0.3, 0.4) is 0 Å². The lowest BCUT2D eigenvalue weighted by Crippen LogP contribution is -2.53. The summed E-state index contributed by atoms with van der Waals surface area (Å²) in [5.41, 5.74) is 3.86. The molecule has 190 valence electrons. The van der Waals surface area contributed by atoms with E-state index in [9.17, 15) is 4.79 Å². The third kappa shape index (κ3) is 3.19. The number of ether oxygens (including phenoxy) is 3. The smallest absolute Gasteiger partial charge is 0.302 e. The van der Waals surface area contributed by atoms with E-state index in [1.807, 2.05) is 0 Å². The summed E-state index contributed by atoms with van der Waals surface area (Å²) in [5.74, 6) is 3.61. The van der Waals surface area contributed by atoms with Crippen LogP contribution in [0.15, 0.2) is 11.1 Å². The first kappa shape index (κ1) is 23.5. The summed E-state index contributed by atoms with van der Waals surface area (Å²) < 4.78 is 19.1. The van der Waals surface area contributed by atoms with Crippen molar-refractivity contribution in [2.45, 2.75) is 117 Å². The Labute approximate surface area is 206 Å². The minimum atomic E-state index is -0.316. The first-order valence-electron chi connectivity index (χ1n) is 14.3. The topological polar surface area (TPSA) is 44.8 Å². The quantitative estimate of drug-likeness (QED) is 0.317. The molecule has 2 aliphatic heterocycles. The molecule has 1 spiro atoms. The van der Waals surface area contributed by atoms with Crippen LogP contribution in [-0.2, 0) is 19.0 Å². The van der Waals surface area contributed by atoms with Gasteiger partial charge < -0.3 is 14.2 Å². The van der Waals surface area contributed by atoms with Crippen LogP contribution in [0.2, 0.25) is 0 Å². The fourth-order valence-corrected chi connectivity index (χ4v) is 10.4. The highest BCUT2D eigenvalue weighted by molar-refractivity contribution is 5.66. The third-order valence-corrected chi connectivity index (χ3v) is 12.0. The van der Waals surface area contributed by atoms with Gasteiger partial charge in [0, 0.05) is 25.7 Å². The van der Waals surface area contributed by atoms with Crippen molar-refractivity contribution in [1.82, 2.24) is 0 Å². The Balaban J connectivity index is 1.26. The molecule has 0 aromatic rings. The number of carbonyl (C=O) groups is 1. The van der Waals surface area contributed by atoms with Crippen molar-refractivity contribution < 1.29 is 19.0 Å². The lowest BCUT2D eigenvalue weighted by atomic mass is 9.46. The summed E-state index contributed by atoms with van der Waals surface area (Å²) in [4.78, 5) is 11.6. The number of rotatable bonds is 1. The summed E-state index contributed by atoms with van der Waals surface area (Å²) in [6, 6.07) is 0. The molecule has 3 saturated carbocycles. The van der Waals surface area contributed by atoms with Gasteiger partial charge in [-0.1, -0.05) is 38.8 Å². The lowest BCUT2D eigenvalue weighted by molar-refractivity contribution is -0.272. The zero-order valence-corrected chi connectivity index (χ0v) is 22.3. The van der Waals surface area contributed by atoms with E-state index in [2.05, 4.69) is 34.6 Å². The first-order chi connectivity index (χ1) is 16.1. The first-order valence-corrected chi connectivity index (χ1v) is 14.3. The van der Waals surface area contributed by atoms with E-state index in [1.165, 1.54) is 32.1 Å². The van der Waals surface area contributed by atoms with Gasteiger partial charge in [0.1, 0.15) is 6.10 Å². The number of allylic oxidation sites excluding steroid dienone is 1. The van der Waals surface area contributed by atoms with Crippen LogP contribution >= 0.6 is 0 Å². The Morgan fingerprint density at radius 1 is 1.03 bits per heavy atom. The van der Waals surface area contributed by atoms with E-state index in [0.29, 0.717) is 29.3 Å². The Bertz CT molecular complexity index is 884. The SMILES string of the molecule is CC(=O)O[C@H]1CC[C@@]2(C)C(=C(C)C[C@H]3[C@@H]4C[C@@H]5O[C@]6(CC[C@@H](C)CO6)[C@@H](C)[C@@H]5[C@@]4(C)CC[C@@H]32)C1. The van der Waals surface area contributed by atoms with Gasteiger partial charge in [0.25, 0.3) is 0 Å². The van der Waals surface area contributed by atoms with Gasteiger partial charge >= 0.3 is 5.97 Å². The Morgan fingerprint density at radius 3 is 2.53 bits per heavy atom. The predicted octanol–water partition coefficient (Wildman–Crippen LogP) is 6.67. The number of carbonyl (C=O) groups excluding carboxylic acids is 1. The number of hydrogen-bond acceptors (Lipinski definition) is 4. The van der Waals surface area contributed by atoms with Crippen molar-refractivity contribution in [3.63, 3.8) is 0 Å². The van der Waals surface area contributed by atoms with Crippen molar-refractivity contribution in [3.8, 4) is 0 Å². The molecule has 0 aromatic carbocycles. The highest BCUT2D eigenvalue weighted by Crippen LogP contribution is 2.71. The average Bonchev–Trinajstić information content (AvgIpc) is 3.22. The van der Waals surface area contributed by atoms with Crippen molar-refractivity contribution >= 4 is 5.97 Å². The molecule has 6 aliphatic rings. The second-order valence-corrected chi connectivity index (χ2v) is 13.7. The molecule has 0 amide bonds. The molecular weight excluding hydrogens is 424 g/mol. The maximum absolute atomic E-state index is 11.6. The number of esters is 1. The molecule has 6 rings (SSSR count). The summed E-state index contributed by atoms with van der Waals surface area (Å²) >= 11 is 0. The van der Waals surface area contributed by atoms with Gasteiger partial charge in [-0.15, -0.1) is 0 Å². The average molecular weight is 471 g/mol. The molecular formula is C30H46O4. The van der Waals surface area contributed by atoms with E-state index in [4.69, 9.17) is 14.2 Å². The Hall–Kier alpha value is -0.870. The van der Waals surface area contributed by atoms with Crippen LogP contribution in [0.5, 0.6) is 0 Å². The highest BCUT2D eigenvalue weighted by Gasteiger charge is 2.68. The molecule has 4 aliphatic carbocycles. The predicted molar refractivity (Wildman–Crippen MR) is 132 cm³/mol. The molecule has 0 aromatic heterocycles. The Morgan fingerprint density at radius 2 is 1.82 bits per heavy atom. The minimum Gasteiger partial charge on any atom is -0.462 e. The van der Waals surface area contributed by atoms with E-state index in [1.54, 1.807) is 18.1 Å². The molecule has 11 atom stereocenters. The van der Waals surface area contributed by atoms with Crippen LogP contribution in [-0.4, -0.2) is 30.6 Å². The van der Waals surface area contributed by atoms with Gasteiger partial charge in [0.2, 0.25) is 0 Å². The molecule has 4 nitrogen and oxygen atoms in total. The summed E-state index contributed by atoms with van der Waals surface area (Å²) in [7, 11) is 0. The molecule has 0 bridgehead atoms. The monoisotopic (exact) mass is 470 g/mol. The fraction of sp³-hybridized carbons (Fsp3) is 0.900. The molecule has 0 unspecified atom stereocenters. The van der Waals surface area contributed by atoms with Gasteiger partial charge in [0.05, 0.1) is 12.7 Å². The largest absolute Gasteiger partial charge is 0.462 e. The molecule has 2 saturated heterocycles. The van der Waals surface area contributed by atoms with Crippen LogP contribution < -0.4 is 0 Å². The van der Waals surface area contributed by atoms with Crippen molar-refractivity contribution in [1.29, 1.82) is 0 Å². The summed E-state index contributed by atoms with van der Waals surface area (Å²) in [6.45, 7) is 14.7. The van der Waals surface area contributed by atoms with Gasteiger partial charge in [-0.05, 0) is 92.3 Å². The van der Waals surface area contributed by atoms with Gasteiger partial charge in [-0.3, -0.25) is 4.79 Å². The van der Waals surface area contributed by atoms with Crippen molar-refractivity contribution in [3.05, 3.63) is 11.1 Å². The van der Waals surface area contributed by atoms with Crippen LogP contribution in [0.25, 0.3) is 0 Å². The van der Waals surface area contributed by atoms with Crippen LogP contribution in [0.1, 0.15) is 99.3 Å². The zero-order chi connectivity index (χ0) is 24.0. The van der Waals surface area contributed by atoms with Gasteiger partial charge in [-0.25, -0.2) is 0 Å². The second kappa shape index (κ2) is 7.81. The van der Waals surface area contributed by atoms with Crippen molar-refractivity contribution in [2.24, 2.45) is 46.3 Å². The van der Waals surface area contributed by atoms with E-state index in [-0.39, 0.29) is 23.3 Å². The van der Waals surface area contributed by atoms with Crippen molar-refractivity contribution in [2.75, 3.05) is 6.61 Å². The molecule has 4 heteroatoms. The molecule has 2 heterocycles. The summed E-state index contributed by atoms with van der Waals surface area (Å²) in [5, 5.41) is 0. The van der Waals surface area contributed by atoms with Crippen LogP contribution in [0, 0.1) is 46.3 Å². The zero-order valence-electron chi connectivity index (χ0n) is 22.3. The maximum Gasteiger partial charge on any atom is 0.302 e. The third-order valence-electron chi connectivity index (χ3n) is 12.0. The fourth-order valence-electron chi connectivity index (χ4n) is 10.4. The van der Waals surface area contributed by atoms with Gasteiger partial charge in [-0.2, -0.15) is 0 Å². The highest BCUT2D eigenvalue weighted by atomic mass is 16.7. The summed E-state index contributed by atoms with van der Waals surface area (Å²) in [6.07, 6.45) is 11.0. The number of fused-ring (bicyclic) bond motifs is 7. The maximum atomic E-state index is 11.6. The molecule has 5 fully saturated rings. The number of hydrogen-bond donors (Lipinski definition) is 0. The molecule has 34 heavy (non-hydrogen) atoms. The van der Waals surface area contributed by atoms with E-state index < -0.39 is 0 Å². The van der Waals surface area contributed by atoms with E-state index >= 15 is 0 Å². The standard InChI is InChI=1S/C30H46O4/c1-17-7-12-30(32-16-17)19(3)27-26(34-30)15-25-22-13-18(2)24-14-21(33-20(4)31)8-10-28(24,5)23(22)9-11-29(25,27)6/h17,19,21-23,25-27H,7-16H2,1-6H3/t17-,19+,21+,22-,23+,25+,26+,27+,28-,29+,30-/m1/s1. The van der Waals surface area contributed by atoms with Crippen LogP contribution in [0.4, 0.5) is 0 Å². The second-order valence-electron chi connectivity index (χ2n) is 13.7. The molecule has 0 radical (unpaired) electrons. The normalized spacial score (nSPS) is 54.3. The van der Waals surface area contributed by atoms with E-state index in [0.717, 1.165) is 50.0 Å².